The number of benzene rings is 2. The summed E-state index contributed by atoms with van der Waals surface area (Å²) in [4.78, 5) is 11.2. The van der Waals surface area contributed by atoms with Gasteiger partial charge in [-0.3, -0.25) is 0 Å². The standard InChI is InChI=1S/C15H12Cl2O4/c1-20-11-4-5-14(12(7-11)15(18)19)21-8-9-2-3-10(16)6-13(9)17/h2-7H,8H2,1H3,(H,18,19). The van der Waals surface area contributed by atoms with E-state index in [-0.39, 0.29) is 17.9 Å². The molecule has 4 nitrogen and oxygen atoms in total. The van der Waals surface area contributed by atoms with Crippen LogP contribution >= 0.6 is 23.2 Å². The van der Waals surface area contributed by atoms with Gasteiger partial charge in [0.1, 0.15) is 23.7 Å². The first kappa shape index (κ1) is 15.5. The van der Waals surface area contributed by atoms with Gasteiger partial charge in [-0.15, -0.1) is 0 Å². The first-order valence-corrected chi connectivity index (χ1v) is 6.75. The predicted octanol–water partition coefficient (Wildman–Crippen LogP) is 4.28. The highest BCUT2D eigenvalue weighted by Gasteiger charge is 2.13. The second-order valence-electron chi connectivity index (χ2n) is 4.19. The average Bonchev–Trinajstić information content (AvgIpc) is 2.46. The van der Waals surface area contributed by atoms with Gasteiger partial charge in [-0.2, -0.15) is 0 Å². The van der Waals surface area contributed by atoms with E-state index in [4.69, 9.17) is 32.7 Å². The maximum absolute atomic E-state index is 11.2. The van der Waals surface area contributed by atoms with Crippen LogP contribution < -0.4 is 9.47 Å². The van der Waals surface area contributed by atoms with E-state index in [0.717, 1.165) is 0 Å². The molecule has 0 unspecified atom stereocenters. The third kappa shape index (κ3) is 3.80. The lowest BCUT2D eigenvalue weighted by atomic mass is 10.2. The van der Waals surface area contributed by atoms with Crippen molar-refractivity contribution in [3.8, 4) is 11.5 Å². The van der Waals surface area contributed by atoms with Crippen LogP contribution in [0.5, 0.6) is 11.5 Å². The topological polar surface area (TPSA) is 55.8 Å². The van der Waals surface area contributed by atoms with E-state index in [1.165, 1.54) is 13.2 Å². The van der Waals surface area contributed by atoms with Crippen LogP contribution in [0, 0.1) is 0 Å². The van der Waals surface area contributed by atoms with Gasteiger partial charge in [-0.05, 0) is 30.3 Å². The van der Waals surface area contributed by atoms with E-state index >= 15 is 0 Å². The summed E-state index contributed by atoms with van der Waals surface area (Å²) in [5, 5.41) is 10.2. The zero-order chi connectivity index (χ0) is 15.4. The van der Waals surface area contributed by atoms with Gasteiger partial charge in [0, 0.05) is 15.6 Å². The van der Waals surface area contributed by atoms with Gasteiger partial charge < -0.3 is 14.6 Å². The van der Waals surface area contributed by atoms with Gasteiger partial charge in [0.15, 0.2) is 0 Å². The van der Waals surface area contributed by atoms with Gasteiger partial charge in [0.05, 0.1) is 7.11 Å². The molecular formula is C15H12Cl2O4. The van der Waals surface area contributed by atoms with Crippen molar-refractivity contribution in [2.45, 2.75) is 6.61 Å². The normalized spacial score (nSPS) is 10.2. The van der Waals surface area contributed by atoms with Crippen LogP contribution in [-0.4, -0.2) is 18.2 Å². The van der Waals surface area contributed by atoms with E-state index in [9.17, 15) is 9.90 Å². The molecule has 21 heavy (non-hydrogen) atoms. The largest absolute Gasteiger partial charge is 0.497 e. The van der Waals surface area contributed by atoms with Crippen LogP contribution in [0.25, 0.3) is 0 Å². The molecule has 0 aliphatic carbocycles. The van der Waals surface area contributed by atoms with Crippen molar-refractivity contribution in [1.82, 2.24) is 0 Å². The molecule has 0 atom stereocenters. The fourth-order valence-corrected chi connectivity index (χ4v) is 2.19. The van der Waals surface area contributed by atoms with Crippen LogP contribution in [0.1, 0.15) is 15.9 Å². The Labute approximate surface area is 131 Å². The maximum Gasteiger partial charge on any atom is 0.339 e. The van der Waals surface area contributed by atoms with Crippen molar-refractivity contribution in [1.29, 1.82) is 0 Å². The van der Waals surface area contributed by atoms with Crippen molar-refractivity contribution in [2.24, 2.45) is 0 Å². The molecule has 110 valence electrons. The molecule has 0 saturated carbocycles. The SMILES string of the molecule is COc1ccc(OCc2ccc(Cl)cc2Cl)c(C(=O)O)c1. The Morgan fingerprint density at radius 2 is 1.95 bits per heavy atom. The van der Waals surface area contributed by atoms with Crippen molar-refractivity contribution in [2.75, 3.05) is 7.11 Å². The summed E-state index contributed by atoms with van der Waals surface area (Å²) >= 11 is 11.9. The maximum atomic E-state index is 11.2. The summed E-state index contributed by atoms with van der Waals surface area (Å²) in [5.41, 5.74) is 0.743. The molecule has 0 aliphatic rings. The molecule has 2 aromatic carbocycles. The van der Waals surface area contributed by atoms with E-state index in [2.05, 4.69) is 0 Å². The Kier molecular flexibility index (Phi) is 4.94. The number of hydrogen-bond acceptors (Lipinski definition) is 3. The van der Waals surface area contributed by atoms with Crippen LogP contribution in [0.2, 0.25) is 10.0 Å². The van der Waals surface area contributed by atoms with Crippen molar-refractivity contribution in [3.63, 3.8) is 0 Å². The number of carbonyl (C=O) groups is 1. The molecule has 2 rings (SSSR count). The molecule has 0 saturated heterocycles. The second-order valence-corrected chi connectivity index (χ2v) is 5.04. The Bertz CT molecular complexity index is 671. The van der Waals surface area contributed by atoms with Crippen LogP contribution in [-0.2, 0) is 6.61 Å². The third-order valence-corrected chi connectivity index (χ3v) is 3.40. The first-order chi connectivity index (χ1) is 10.0. The minimum Gasteiger partial charge on any atom is -0.497 e. The van der Waals surface area contributed by atoms with Gasteiger partial charge >= 0.3 is 5.97 Å². The monoisotopic (exact) mass is 326 g/mol. The van der Waals surface area contributed by atoms with E-state index < -0.39 is 5.97 Å². The molecule has 0 radical (unpaired) electrons. The molecule has 2 aromatic rings. The van der Waals surface area contributed by atoms with Gasteiger partial charge in [-0.25, -0.2) is 4.79 Å². The number of rotatable bonds is 5. The predicted molar refractivity (Wildman–Crippen MR) is 80.7 cm³/mol. The molecule has 0 aliphatic heterocycles. The molecule has 0 bridgehead atoms. The number of hydrogen-bond donors (Lipinski definition) is 1. The van der Waals surface area contributed by atoms with Crippen molar-refractivity contribution < 1.29 is 19.4 Å². The van der Waals surface area contributed by atoms with E-state index in [1.54, 1.807) is 30.3 Å². The minimum absolute atomic E-state index is 0.0273. The van der Waals surface area contributed by atoms with Crippen molar-refractivity contribution in [3.05, 3.63) is 57.6 Å². The first-order valence-electron chi connectivity index (χ1n) is 5.99. The number of carboxylic acids is 1. The Balaban J connectivity index is 2.21. The number of methoxy groups -OCH3 is 1. The van der Waals surface area contributed by atoms with Gasteiger partial charge in [0.25, 0.3) is 0 Å². The van der Waals surface area contributed by atoms with Gasteiger partial charge in [0.2, 0.25) is 0 Å². The lowest BCUT2D eigenvalue weighted by molar-refractivity contribution is 0.0691. The number of halogens is 2. The summed E-state index contributed by atoms with van der Waals surface area (Å²) in [6.07, 6.45) is 0. The van der Waals surface area contributed by atoms with E-state index in [0.29, 0.717) is 21.4 Å². The molecule has 0 amide bonds. The summed E-state index contributed by atoms with van der Waals surface area (Å²) in [5.74, 6) is -0.398. The number of aromatic carboxylic acids is 1. The summed E-state index contributed by atoms with van der Waals surface area (Å²) in [7, 11) is 1.47. The Morgan fingerprint density at radius 1 is 1.19 bits per heavy atom. The molecule has 6 heteroatoms. The lowest BCUT2D eigenvalue weighted by Crippen LogP contribution is -2.04. The summed E-state index contributed by atoms with van der Waals surface area (Å²) < 4.78 is 10.5. The molecule has 0 heterocycles. The zero-order valence-corrected chi connectivity index (χ0v) is 12.6. The highest BCUT2D eigenvalue weighted by Crippen LogP contribution is 2.27. The third-order valence-electron chi connectivity index (χ3n) is 2.82. The molecule has 0 fully saturated rings. The lowest BCUT2D eigenvalue weighted by Gasteiger charge is -2.11. The molecule has 1 N–H and O–H groups in total. The summed E-state index contributed by atoms with van der Waals surface area (Å²) in [6, 6.07) is 9.61. The smallest absolute Gasteiger partial charge is 0.339 e. The summed E-state index contributed by atoms with van der Waals surface area (Å²) in [6.45, 7) is 0.141. The molecular weight excluding hydrogens is 315 g/mol. The van der Waals surface area contributed by atoms with Crippen LogP contribution in [0.15, 0.2) is 36.4 Å². The zero-order valence-electron chi connectivity index (χ0n) is 11.1. The van der Waals surface area contributed by atoms with Crippen LogP contribution in [0.3, 0.4) is 0 Å². The molecule has 0 spiro atoms. The second kappa shape index (κ2) is 6.70. The highest BCUT2D eigenvalue weighted by atomic mass is 35.5. The minimum atomic E-state index is -1.09. The number of ether oxygens (including phenoxy) is 2. The number of carboxylic acid groups (broad SMARTS) is 1. The van der Waals surface area contributed by atoms with Gasteiger partial charge in [-0.1, -0.05) is 29.3 Å². The quantitative estimate of drug-likeness (QED) is 0.890. The fraction of sp³-hybridized carbons (Fsp3) is 0.133. The fourth-order valence-electron chi connectivity index (χ4n) is 1.72. The average molecular weight is 327 g/mol. The van der Waals surface area contributed by atoms with Crippen LogP contribution in [0.4, 0.5) is 0 Å². The highest BCUT2D eigenvalue weighted by molar-refractivity contribution is 6.35. The van der Waals surface area contributed by atoms with E-state index in [1.807, 2.05) is 0 Å². The Hall–Kier alpha value is -1.91. The molecule has 0 aromatic heterocycles. The Morgan fingerprint density at radius 3 is 2.57 bits per heavy atom. The van der Waals surface area contributed by atoms with Crippen molar-refractivity contribution >= 4 is 29.2 Å².